The summed E-state index contributed by atoms with van der Waals surface area (Å²) >= 11 is 0. The van der Waals surface area contributed by atoms with E-state index >= 15 is 0 Å². The van der Waals surface area contributed by atoms with E-state index in [0.29, 0.717) is 17.7 Å². The Hall–Kier alpha value is -1.84. The standard InChI is InChI=1S/C14H14O4/c15-11-8-14(5-1-2-6-14)18-12-4-3-9(13(16)17)7-10(11)12/h3-4,7H,1-2,5-6,8H2,(H,16,17). The Kier molecular flexibility index (Phi) is 2.40. The molecule has 0 unspecified atom stereocenters. The fraction of sp³-hybridized carbons (Fsp3) is 0.429. The number of aromatic carboxylic acids is 1. The van der Waals surface area contributed by atoms with Crippen molar-refractivity contribution in [3.63, 3.8) is 0 Å². The minimum absolute atomic E-state index is 0.00116. The van der Waals surface area contributed by atoms with Crippen molar-refractivity contribution < 1.29 is 19.4 Å². The number of carbonyl (C=O) groups is 2. The normalized spacial score (nSPS) is 20.6. The van der Waals surface area contributed by atoms with E-state index in [4.69, 9.17) is 9.84 Å². The maximum Gasteiger partial charge on any atom is 0.335 e. The number of hydrogen-bond acceptors (Lipinski definition) is 3. The van der Waals surface area contributed by atoms with Crippen LogP contribution in [-0.2, 0) is 0 Å². The zero-order valence-electron chi connectivity index (χ0n) is 9.94. The topological polar surface area (TPSA) is 63.6 Å². The smallest absolute Gasteiger partial charge is 0.335 e. The van der Waals surface area contributed by atoms with Gasteiger partial charge in [-0.15, -0.1) is 0 Å². The number of benzene rings is 1. The molecule has 1 aliphatic carbocycles. The van der Waals surface area contributed by atoms with Gasteiger partial charge in [0.05, 0.1) is 17.5 Å². The molecule has 4 nitrogen and oxygen atoms in total. The van der Waals surface area contributed by atoms with E-state index in [1.807, 2.05) is 0 Å². The number of fused-ring (bicyclic) bond motifs is 1. The summed E-state index contributed by atoms with van der Waals surface area (Å²) < 4.78 is 5.97. The second-order valence-electron chi connectivity index (χ2n) is 5.11. The molecule has 4 heteroatoms. The van der Waals surface area contributed by atoms with Gasteiger partial charge in [0.25, 0.3) is 0 Å². The summed E-state index contributed by atoms with van der Waals surface area (Å²) in [7, 11) is 0. The van der Waals surface area contributed by atoms with Gasteiger partial charge < -0.3 is 9.84 Å². The van der Waals surface area contributed by atoms with Crippen LogP contribution in [0.3, 0.4) is 0 Å². The summed E-state index contributed by atoms with van der Waals surface area (Å²) in [6.07, 6.45) is 4.40. The Morgan fingerprint density at radius 2 is 2.00 bits per heavy atom. The molecular formula is C14H14O4. The number of ketones is 1. The maximum atomic E-state index is 12.1. The molecule has 3 rings (SSSR count). The van der Waals surface area contributed by atoms with Crippen molar-refractivity contribution in [3.05, 3.63) is 29.3 Å². The maximum absolute atomic E-state index is 12.1. The lowest BCUT2D eigenvalue weighted by molar-refractivity contribution is 0.0450. The lowest BCUT2D eigenvalue weighted by Gasteiger charge is -2.34. The molecule has 94 valence electrons. The van der Waals surface area contributed by atoms with Gasteiger partial charge >= 0.3 is 5.97 Å². The molecule has 1 N–H and O–H groups in total. The van der Waals surface area contributed by atoms with E-state index in [1.54, 1.807) is 6.07 Å². The second-order valence-corrected chi connectivity index (χ2v) is 5.11. The summed E-state index contributed by atoms with van der Waals surface area (Å²) in [5.74, 6) is -0.480. The van der Waals surface area contributed by atoms with Gasteiger partial charge in [-0.25, -0.2) is 4.79 Å². The molecule has 0 aromatic heterocycles. The van der Waals surface area contributed by atoms with Gasteiger partial charge in [-0.2, -0.15) is 0 Å². The number of ether oxygens (including phenoxy) is 1. The van der Waals surface area contributed by atoms with E-state index in [9.17, 15) is 9.59 Å². The molecule has 1 saturated carbocycles. The van der Waals surface area contributed by atoms with E-state index in [-0.39, 0.29) is 16.9 Å². The molecule has 0 bridgehead atoms. The fourth-order valence-corrected chi connectivity index (χ4v) is 2.93. The number of Topliss-reactive ketones (excluding diaryl/α,β-unsaturated/α-hetero) is 1. The lowest BCUT2D eigenvalue weighted by atomic mass is 9.88. The molecule has 0 amide bonds. The van der Waals surface area contributed by atoms with Crippen LogP contribution in [-0.4, -0.2) is 22.5 Å². The molecular weight excluding hydrogens is 232 g/mol. The van der Waals surface area contributed by atoms with E-state index in [1.165, 1.54) is 12.1 Å². The summed E-state index contributed by atoms with van der Waals surface area (Å²) in [5, 5.41) is 8.93. The van der Waals surface area contributed by atoms with Crippen molar-refractivity contribution in [2.75, 3.05) is 0 Å². The molecule has 1 aromatic rings. The van der Waals surface area contributed by atoms with Gasteiger partial charge in [0.2, 0.25) is 0 Å². The lowest BCUT2D eigenvalue weighted by Crippen LogP contribution is -2.39. The van der Waals surface area contributed by atoms with Crippen molar-refractivity contribution >= 4 is 11.8 Å². The molecule has 1 aliphatic heterocycles. The monoisotopic (exact) mass is 246 g/mol. The molecule has 0 saturated heterocycles. The SMILES string of the molecule is O=C(O)c1ccc2c(c1)C(=O)CC1(CCCC1)O2. The first-order chi connectivity index (χ1) is 8.60. The molecule has 1 fully saturated rings. The van der Waals surface area contributed by atoms with Gasteiger partial charge in [-0.05, 0) is 43.9 Å². The van der Waals surface area contributed by atoms with Crippen LogP contribution in [0, 0.1) is 0 Å². The number of carbonyl (C=O) groups excluding carboxylic acids is 1. The largest absolute Gasteiger partial charge is 0.486 e. The average Bonchev–Trinajstić information content (AvgIpc) is 2.76. The number of carboxylic acid groups (broad SMARTS) is 1. The molecule has 1 heterocycles. The minimum atomic E-state index is -1.02. The van der Waals surface area contributed by atoms with Gasteiger partial charge in [-0.1, -0.05) is 0 Å². The van der Waals surface area contributed by atoms with Gasteiger partial charge in [0.15, 0.2) is 5.78 Å². The highest BCUT2D eigenvalue weighted by Gasteiger charge is 2.42. The van der Waals surface area contributed by atoms with Crippen LogP contribution in [0.25, 0.3) is 0 Å². The third-order valence-electron chi connectivity index (χ3n) is 3.85. The average molecular weight is 246 g/mol. The van der Waals surface area contributed by atoms with Crippen LogP contribution in [0.15, 0.2) is 18.2 Å². The van der Waals surface area contributed by atoms with E-state index in [0.717, 1.165) is 25.7 Å². The molecule has 2 aliphatic rings. The first-order valence-corrected chi connectivity index (χ1v) is 6.19. The summed E-state index contributed by atoms with van der Waals surface area (Å²) in [4.78, 5) is 23.0. The van der Waals surface area contributed by atoms with Crippen LogP contribution >= 0.6 is 0 Å². The van der Waals surface area contributed by atoms with Crippen LogP contribution in [0.4, 0.5) is 0 Å². The summed E-state index contributed by atoms with van der Waals surface area (Å²) in [5.41, 5.74) is 0.218. The van der Waals surface area contributed by atoms with Crippen LogP contribution < -0.4 is 4.74 Å². The quantitative estimate of drug-likeness (QED) is 0.827. The van der Waals surface area contributed by atoms with E-state index in [2.05, 4.69) is 0 Å². The van der Waals surface area contributed by atoms with E-state index < -0.39 is 5.97 Å². The zero-order chi connectivity index (χ0) is 12.8. The number of carboxylic acids is 1. The van der Waals surface area contributed by atoms with Gasteiger partial charge in [0, 0.05) is 0 Å². The van der Waals surface area contributed by atoms with Crippen LogP contribution in [0.2, 0.25) is 0 Å². The first-order valence-electron chi connectivity index (χ1n) is 6.19. The fourth-order valence-electron chi connectivity index (χ4n) is 2.93. The third-order valence-corrected chi connectivity index (χ3v) is 3.85. The van der Waals surface area contributed by atoms with Crippen LogP contribution in [0.5, 0.6) is 5.75 Å². The molecule has 0 atom stereocenters. The highest BCUT2D eigenvalue weighted by Crippen LogP contribution is 2.43. The highest BCUT2D eigenvalue weighted by molar-refractivity contribution is 6.02. The molecule has 18 heavy (non-hydrogen) atoms. The van der Waals surface area contributed by atoms with Crippen molar-refractivity contribution in [2.24, 2.45) is 0 Å². The molecule has 0 radical (unpaired) electrons. The summed E-state index contributed by atoms with van der Waals surface area (Å²) in [6, 6.07) is 4.51. The molecule has 1 aromatic carbocycles. The Balaban J connectivity index is 2.01. The second kappa shape index (κ2) is 3.83. The predicted molar refractivity (Wildman–Crippen MR) is 64.2 cm³/mol. The Morgan fingerprint density at radius 1 is 1.28 bits per heavy atom. The predicted octanol–water partition coefficient (Wildman–Crippen LogP) is 2.66. The minimum Gasteiger partial charge on any atom is -0.486 e. The van der Waals surface area contributed by atoms with Crippen molar-refractivity contribution in [3.8, 4) is 5.75 Å². The van der Waals surface area contributed by atoms with Gasteiger partial charge in [-0.3, -0.25) is 4.79 Å². The van der Waals surface area contributed by atoms with Crippen LogP contribution in [0.1, 0.15) is 52.8 Å². The molecule has 1 spiro atoms. The highest BCUT2D eigenvalue weighted by atomic mass is 16.5. The Bertz CT molecular complexity index is 527. The Labute approximate surface area is 105 Å². The number of hydrogen-bond donors (Lipinski definition) is 1. The van der Waals surface area contributed by atoms with Crippen molar-refractivity contribution in [2.45, 2.75) is 37.7 Å². The third kappa shape index (κ3) is 1.68. The first kappa shape index (κ1) is 11.3. The van der Waals surface area contributed by atoms with Gasteiger partial charge in [0.1, 0.15) is 11.4 Å². The van der Waals surface area contributed by atoms with Crippen molar-refractivity contribution in [1.29, 1.82) is 0 Å². The van der Waals surface area contributed by atoms with Crippen molar-refractivity contribution in [1.82, 2.24) is 0 Å². The zero-order valence-corrected chi connectivity index (χ0v) is 9.94. The number of rotatable bonds is 1. The summed E-state index contributed by atoms with van der Waals surface area (Å²) in [6.45, 7) is 0. The Morgan fingerprint density at radius 3 is 2.67 bits per heavy atom.